The summed E-state index contributed by atoms with van der Waals surface area (Å²) in [5.74, 6) is 0.274. The van der Waals surface area contributed by atoms with Gasteiger partial charge in [-0.15, -0.1) is 0 Å². The van der Waals surface area contributed by atoms with Crippen molar-refractivity contribution in [3.63, 3.8) is 0 Å². The Kier molecular flexibility index (Phi) is 6.16. The first-order chi connectivity index (χ1) is 13.0. The summed E-state index contributed by atoms with van der Waals surface area (Å²) in [6, 6.07) is 3.73. The van der Waals surface area contributed by atoms with Crippen molar-refractivity contribution in [3.8, 4) is 5.69 Å². The van der Waals surface area contributed by atoms with Gasteiger partial charge >= 0.3 is 0 Å². The van der Waals surface area contributed by atoms with Gasteiger partial charge in [0.1, 0.15) is 5.69 Å². The number of aromatic nitrogens is 3. The highest BCUT2D eigenvalue weighted by Gasteiger charge is 2.31. The van der Waals surface area contributed by atoms with Gasteiger partial charge in [-0.05, 0) is 37.8 Å². The molecule has 1 saturated heterocycles. The van der Waals surface area contributed by atoms with Crippen molar-refractivity contribution >= 4 is 23.2 Å². The minimum Gasteiger partial charge on any atom is -0.388 e. The van der Waals surface area contributed by atoms with E-state index in [1.165, 1.54) is 0 Å². The zero-order valence-electron chi connectivity index (χ0n) is 16.0. The zero-order chi connectivity index (χ0) is 19.4. The number of anilines is 1. The molecule has 0 spiro atoms. The second-order valence-corrected chi connectivity index (χ2v) is 7.39. The van der Waals surface area contributed by atoms with E-state index in [0.29, 0.717) is 23.3 Å². The Labute approximate surface area is 165 Å². The SMILES string of the molecule is CCN(C(=O)C1CCCNC1=CC(C)C)c1cn(-c2cccnc2)nc1Cl. The predicted molar refractivity (Wildman–Crippen MR) is 108 cm³/mol. The number of carbonyl (C=O) groups excluding carboxylic acids is 1. The molecule has 1 aliphatic heterocycles. The molecule has 2 aromatic heterocycles. The number of hydrogen-bond acceptors (Lipinski definition) is 4. The van der Waals surface area contributed by atoms with E-state index in [9.17, 15) is 4.79 Å². The summed E-state index contributed by atoms with van der Waals surface area (Å²) >= 11 is 6.40. The topological polar surface area (TPSA) is 63.1 Å². The van der Waals surface area contributed by atoms with Gasteiger partial charge < -0.3 is 10.2 Å². The molecular formula is C20H26ClN5O. The molecule has 144 valence electrons. The van der Waals surface area contributed by atoms with E-state index >= 15 is 0 Å². The Balaban J connectivity index is 1.90. The third kappa shape index (κ3) is 4.33. The molecule has 1 amide bonds. The Morgan fingerprint density at radius 3 is 3.00 bits per heavy atom. The quantitative estimate of drug-likeness (QED) is 0.847. The van der Waals surface area contributed by atoms with Crippen LogP contribution in [0.4, 0.5) is 5.69 Å². The Hall–Kier alpha value is -2.34. The molecule has 2 aromatic rings. The lowest BCUT2D eigenvalue weighted by atomic mass is 9.92. The lowest BCUT2D eigenvalue weighted by molar-refractivity contribution is -0.121. The fourth-order valence-electron chi connectivity index (χ4n) is 3.39. The molecule has 3 rings (SSSR count). The van der Waals surface area contributed by atoms with E-state index in [1.807, 2.05) is 19.1 Å². The van der Waals surface area contributed by atoms with Gasteiger partial charge in [0.05, 0.1) is 24.0 Å². The van der Waals surface area contributed by atoms with Gasteiger partial charge in [-0.25, -0.2) is 4.68 Å². The Morgan fingerprint density at radius 2 is 2.33 bits per heavy atom. The number of nitrogens with zero attached hydrogens (tertiary/aromatic N) is 4. The van der Waals surface area contributed by atoms with Crippen LogP contribution in [0.15, 0.2) is 42.5 Å². The van der Waals surface area contributed by atoms with Crippen LogP contribution in [0.25, 0.3) is 5.69 Å². The van der Waals surface area contributed by atoms with Gasteiger partial charge in [-0.2, -0.15) is 5.10 Å². The summed E-state index contributed by atoms with van der Waals surface area (Å²) < 4.78 is 1.66. The third-order valence-corrected chi connectivity index (χ3v) is 4.89. The van der Waals surface area contributed by atoms with Crippen LogP contribution in [-0.2, 0) is 4.79 Å². The molecule has 1 aliphatic rings. The lowest BCUT2D eigenvalue weighted by Crippen LogP contribution is -2.42. The highest BCUT2D eigenvalue weighted by molar-refractivity contribution is 6.32. The highest BCUT2D eigenvalue weighted by atomic mass is 35.5. The minimum absolute atomic E-state index is 0.0595. The molecule has 0 bridgehead atoms. The molecule has 0 radical (unpaired) electrons. The van der Waals surface area contributed by atoms with Gasteiger partial charge in [0.25, 0.3) is 0 Å². The van der Waals surface area contributed by atoms with E-state index in [-0.39, 0.29) is 11.8 Å². The van der Waals surface area contributed by atoms with E-state index in [1.54, 1.807) is 28.2 Å². The van der Waals surface area contributed by atoms with E-state index in [4.69, 9.17) is 11.6 Å². The molecule has 0 aromatic carbocycles. The van der Waals surface area contributed by atoms with E-state index in [2.05, 4.69) is 35.3 Å². The number of carbonyl (C=O) groups is 1. The normalized spacial score (nSPS) is 18.6. The number of halogens is 1. The van der Waals surface area contributed by atoms with Crippen LogP contribution in [0.5, 0.6) is 0 Å². The highest BCUT2D eigenvalue weighted by Crippen LogP contribution is 2.30. The molecular weight excluding hydrogens is 362 g/mol. The second kappa shape index (κ2) is 8.57. The summed E-state index contributed by atoms with van der Waals surface area (Å²) in [5, 5.41) is 8.08. The average molecular weight is 388 g/mol. The Morgan fingerprint density at radius 1 is 1.52 bits per heavy atom. The minimum atomic E-state index is -0.168. The van der Waals surface area contributed by atoms with Gasteiger partial charge in [0, 0.05) is 25.0 Å². The fraction of sp³-hybridized carbons (Fsp3) is 0.450. The first-order valence-electron chi connectivity index (χ1n) is 9.43. The van der Waals surface area contributed by atoms with E-state index in [0.717, 1.165) is 30.8 Å². The molecule has 1 unspecified atom stereocenters. The third-order valence-electron chi connectivity index (χ3n) is 4.62. The van der Waals surface area contributed by atoms with Crippen molar-refractivity contribution in [3.05, 3.63) is 47.6 Å². The van der Waals surface area contributed by atoms with Gasteiger partial charge in [-0.1, -0.05) is 31.5 Å². The van der Waals surface area contributed by atoms with Crippen LogP contribution < -0.4 is 10.2 Å². The molecule has 1 N–H and O–H groups in total. The van der Waals surface area contributed by atoms with Crippen LogP contribution >= 0.6 is 11.6 Å². The number of rotatable bonds is 5. The van der Waals surface area contributed by atoms with Crippen molar-refractivity contribution in [2.24, 2.45) is 11.8 Å². The molecule has 1 atom stereocenters. The van der Waals surface area contributed by atoms with Crippen molar-refractivity contribution in [2.45, 2.75) is 33.6 Å². The number of nitrogens with one attached hydrogen (secondary N) is 1. The summed E-state index contributed by atoms with van der Waals surface area (Å²) in [4.78, 5) is 19.2. The summed E-state index contributed by atoms with van der Waals surface area (Å²) in [5.41, 5.74) is 2.45. The standard InChI is InChI=1S/C20H26ClN5O/c1-4-25(20(27)16-8-6-10-23-17(16)11-14(2)3)18-13-26(24-19(18)21)15-7-5-9-22-12-15/h5,7,9,11-14,16,23H,4,6,8,10H2,1-3H3. The summed E-state index contributed by atoms with van der Waals surface area (Å²) in [6.45, 7) is 7.64. The predicted octanol–water partition coefficient (Wildman–Crippen LogP) is 3.81. The maximum absolute atomic E-state index is 13.4. The van der Waals surface area contributed by atoms with Crippen molar-refractivity contribution < 1.29 is 4.79 Å². The number of amides is 1. The second-order valence-electron chi connectivity index (χ2n) is 7.03. The number of piperidine rings is 1. The number of hydrogen-bond donors (Lipinski definition) is 1. The molecule has 7 heteroatoms. The monoisotopic (exact) mass is 387 g/mol. The fourth-order valence-corrected chi connectivity index (χ4v) is 3.62. The van der Waals surface area contributed by atoms with Crippen LogP contribution in [0.2, 0.25) is 5.15 Å². The molecule has 3 heterocycles. The number of allylic oxidation sites excluding steroid dienone is 1. The maximum atomic E-state index is 13.4. The van der Waals surface area contributed by atoms with Gasteiger partial charge in [0.15, 0.2) is 5.15 Å². The maximum Gasteiger partial charge on any atom is 0.236 e. The average Bonchev–Trinajstić information content (AvgIpc) is 3.04. The molecule has 6 nitrogen and oxygen atoms in total. The van der Waals surface area contributed by atoms with Crippen LogP contribution in [0.3, 0.4) is 0 Å². The molecule has 27 heavy (non-hydrogen) atoms. The first-order valence-corrected chi connectivity index (χ1v) is 9.81. The van der Waals surface area contributed by atoms with Crippen molar-refractivity contribution in [1.82, 2.24) is 20.1 Å². The number of pyridine rings is 1. The lowest BCUT2D eigenvalue weighted by Gasteiger charge is -2.31. The van der Waals surface area contributed by atoms with E-state index < -0.39 is 0 Å². The molecule has 1 fully saturated rings. The van der Waals surface area contributed by atoms with Gasteiger partial charge in [-0.3, -0.25) is 9.78 Å². The molecule has 0 aliphatic carbocycles. The van der Waals surface area contributed by atoms with Crippen LogP contribution in [0.1, 0.15) is 33.6 Å². The summed E-state index contributed by atoms with van der Waals surface area (Å²) in [6.07, 6.45) is 9.18. The van der Waals surface area contributed by atoms with Crippen molar-refractivity contribution in [2.75, 3.05) is 18.0 Å². The van der Waals surface area contributed by atoms with Crippen LogP contribution in [-0.4, -0.2) is 33.8 Å². The summed E-state index contributed by atoms with van der Waals surface area (Å²) in [7, 11) is 0. The largest absolute Gasteiger partial charge is 0.388 e. The molecule has 0 saturated carbocycles. The van der Waals surface area contributed by atoms with Gasteiger partial charge in [0.2, 0.25) is 5.91 Å². The van der Waals surface area contributed by atoms with Crippen LogP contribution in [0, 0.1) is 11.8 Å². The smallest absolute Gasteiger partial charge is 0.236 e. The Bertz CT molecular complexity index is 815. The zero-order valence-corrected chi connectivity index (χ0v) is 16.8. The first kappa shape index (κ1) is 19.4. The van der Waals surface area contributed by atoms with Crippen molar-refractivity contribution in [1.29, 1.82) is 0 Å².